The monoisotopic (exact) mass is 312 g/mol. The lowest BCUT2D eigenvalue weighted by Crippen LogP contribution is -2.44. The second kappa shape index (κ2) is 6.31. The molecule has 0 aromatic heterocycles. The number of nitrogens with zero attached hydrogens (tertiary/aromatic N) is 1. The lowest BCUT2D eigenvalue weighted by molar-refractivity contribution is -0.134. The maximum absolute atomic E-state index is 12.2. The van der Waals surface area contributed by atoms with Crippen LogP contribution in [0.3, 0.4) is 0 Å². The van der Waals surface area contributed by atoms with E-state index in [1.54, 1.807) is 0 Å². The molecule has 5 heteroatoms. The van der Waals surface area contributed by atoms with Gasteiger partial charge in [-0.25, -0.2) is 5.90 Å². The highest BCUT2D eigenvalue weighted by Crippen LogP contribution is 2.19. The minimum absolute atomic E-state index is 0.0260. The Morgan fingerprint density at radius 1 is 1.50 bits per heavy atom. The van der Waals surface area contributed by atoms with E-state index in [1.165, 1.54) is 0 Å². The third-order valence-electron chi connectivity index (χ3n) is 3.22. The summed E-state index contributed by atoms with van der Waals surface area (Å²) in [5.41, 5.74) is 1.01. The zero-order valence-electron chi connectivity index (χ0n) is 10.1. The van der Waals surface area contributed by atoms with Crippen LogP contribution in [0.25, 0.3) is 0 Å². The fourth-order valence-corrected chi connectivity index (χ4v) is 2.62. The fraction of sp³-hybridized carbons (Fsp3) is 0.462. The number of hydrogen-bond acceptors (Lipinski definition) is 3. The van der Waals surface area contributed by atoms with E-state index in [-0.39, 0.29) is 12.0 Å². The van der Waals surface area contributed by atoms with Crippen molar-refractivity contribution in [1.82, 2.24) is 4.90 Å². The van der Waals surface area contributed by atoms with Crippen LogP contribution in [0.2, 0.25) is 0 Å². The number of halogens is 1. The van der Waals surface area contributed by atoms with Gasteiger partial charge in [-0.3, -0.25) is 9.63 Å². The molecule has 18 heavy (non-hydrogen) atoms. The number of piperidine rings is 1. The average Bonchev–Trinajstić information content (AvgIpc) is 2.41. The van der Waals surface area contributed by atoms with Crippen molar-refractivity contribution in [3.63, 3.8) is 0 Å². The van der Waals surface area contributed by atoms with Gasteiger partial charge >= 0.3 is 0 Å². The molecule has 1 aromatic carbocycles. The summed E-state index contributed by atoms with van der Waals surface area (Å²) in [6.45, 7) is 1.39. The Labute approximate surface area is 115 Å². The molecule has 0 spiro atoms. The van der Waals surface area contributed by atoms with Gasteiger partial charge in [0.05, 0.1) is 12.5 Å². The van der Waals surface area contributed by atoms with E-state index >= 15 is 0 Å². The Hall–Kier alpha value is -0.910. The maximum atomic E-state index is 12.2. The summed E-state index contributed by atoms with van der Waals surface area (Å²) in [6, 6.07) is 7.79. The predicted molar refractivity (Wildman–Crippen MR) is 72.7 cm³/mol. The topological polar surface area (TPSA) is 55.6 Å². The molecule has 0 bridgehead atoms. The number of nitrogens with two attached hydrogens (primary N) is 1. The Morgan fingerprint density at radius 3 is 3.00 bits per heavy atom. The zero-order chi connectivity index (χ0) is 13.0. The lowest BCUT2D eigenvalue weighted by Gasteiger charge is -2.31. The quantitative estimate of drug-likeness (QED) is 0.867. The van der Waals surface area contributed by atoms with Crippen LogP contribution in [-0.4, -0.2) is 30.0 Å². The first-order chi connectivity index (χ1) is 8.70. The van der Waals surface area contributed by atoms with E-state index < -0.39 is 0 Å². The summed E-state index contributed by atoms with van der Waals surface area (Å²) in [5, 5.41) is 0. The molecule has 0 radical (unpaired) electrons. The lowest BCUT2D eigenvalue weighted by atomic mass is 10.1. The van der Waals surface area contributed by atoms with Gasteiger partial charge in [-0.15, -0.1) is 0 Å². The van der Waals surface area contributed by atoms with Crippen molar-refractivity contribution < 1.29 is 9.63 Å². The molecule has 2 N–H and O–H groups in total. The van der Waals surface area contributed by atoms with Crippen molar-refractivity contribution in [1.29, 1.82) is 0 Å². The number of amides is 1. The second-order valence-corrected chi connectivity index (χ2v) is 5.36. The average molecular weight is 313 g/mol. The summed E-state index contributed by atoms with van der Waals surface area (Å²) in [5.74, 6) is 5.33. The molecule has 1 atom stereocenters. The molecule has 98 valence electrons. The highest BCUT2D eigenvalue weighted by molar-refractivity contribution is 9.10. The third kappa shape index (κ3) is 3.31. The molecule has 1 aliphatic rings. The largest absolute Gasteiger partial charge is 0.340 e. The van der Waals surface area contributed by atoms with Gasteiger partial charge in [0.2, 0.25) is 5.91 Å². The summed E-state index contributed by atoms with van der Waals surface area (Å²) in [7, 11) is 0. The van der Waals surface area contributed by atoms with E-state index in [9.17, 15) is 4.79 Å². The van der Waals surface area contributed by atoms with E-state index in [0.717, 1.165) is 29.4 Å². The molecular formula is C13H17BrN2O2. The molecule has 1 saturated heterocycles. The van der Waals surface area contributed by atoms with Gasteiger partial charge in [0.15, 0.2) is 0 Å². The summed E-state index contributed by atoms with van der Waals surface area (Å²) in [6.07, 6.45) is 2.26. The molecule has 2 rings (SSSR count). The maximum Gasteiger partial charge on any atom is 0.227 e. The van der Waals surface area contributed by atoms with Crippen LogP contribution in [0.1, 0.15) is 18.4 Å². The van der Waals surface area contributed by atoms with Crippen molar-refractivity contribution in [2.45, 2.75) is 25.4 Å². The molecule has 1 unspecified atom stereocenters. The van der Waals surface area contributed by atoms with Gasteiger partial charge in [-0.05, 0) is 24.5 Å². The summed E-state index contributed by atoms with van der Waals surface area (Å²) < 4.78 is 0.974. The van der Waals surface area contributed by atoms with E-state index in [0.29, 0.717) is 13.0 Å². The van der Waals surface area contributed by atoms with Crippen molar-refractivity contribution in [3.05, 3.63) is 34.3 Å². The highest BCUT2D eigenvalue weighted by Gasteiger charge is 2.24. The van der Waals surface area contributed by atoms with Crippen LogP contribution >= 0.6 is 15.9 Å². The van der Waals surface area contributed by atoms with Crippen molar-refractivity contribution >= 4 is 21.8 Å². The SMILES string of the molecule is NOC1CCCN(C(=O)Cc2ccccc2Br)C1. The van der Waals surface area contributed by atoms with E-state index in [4.69, 9.17) is 10.7 Å². The van der Waals surface area contributed by atoms with Crippen LogP contribution in [0.4, 0.5) is 0 Å². The fourth-order valence-electron chi connectivity index (χ4n) is 2.19. The molecule has 1 aliphatic heterocycles. The van der Waals surface area contributed by atoms with Crippen LogP contribution in [-0.2, 0) is 16.1 Å². The number of benzene rings is 1. The van der Waals surface area contributed by atoms with Crippen LogP contribution < -0.4 is 5.90 Å². The standard InChI is InChI=1S/C13H17BrN2O2/c14-12-6-2-1-4-10(12)8-13(17)16-7-3-5-11(9-16)18-15/h1-2,4,6,11H,3,5,7-9,15H2. The molecule has 0 aliphatic carbocycles. The molecule has 1 aromatic rings. The highest BCUT2D eigenvalue weighted by atomic mass is 79.9. The van der Waals surface area contributed by atoms with Gasteiger partial charge in [0, 0.05) is 17.6 Å². The van der Waals surface area contributed by atoms with Crippen molar-refractivity contribution in [2.75, 3.05) is 13.1 Å². The smallest absolute Gasteiger partial charge is 0.227 e. The zero-order valence-corrected chi connectivity index (χ0v) is 11.7. The summed E-state index contributed by atoms with van der Waals surface area (Å²) >= 11 is 3.46. The van der Waals surface area contributed by atoms with Crippen molar-refractivity contribution in [2.24, 2.45) is 5.90 Å². The number of hydrogen-bond donors (Lipinski definition) is 1. The number of likely N-dealkylation sites (tertiary alicyclic amines) is 1. The van der Waals surface area contributed by atoms with E-state index in [1.807, 2.05) is 29.2 Å². The normalized spacial score (nSPS) is 19.9. The third-order valence-corrected chi connectivity index (χ3v) is 4.00. The van der Waals surface area contributed by atoms with Gasteiger partial charge in [-0.1, -0.05) is 34.1 Å². The van der Waals surface area contributed by atoms with E-state index in [2.05, 4.69) is 15.9 Å². The number of carbonyl (C=O) groups is 1. The molecule has 4 nitrogen and oxygen atoms in total. The van der Waals surface area contributed by atoms with Crippen LogP contribution in [0.5, 0.6) is 0 Å². The number of carbonyl (C=O) groups excluding carboxylic acids is 1. The minimum atomic E-state index is -0.0260. The Balaban J connectivity index is 1.97. The van der Waals surface area contributed by atoms with Crippen molar-refractivity contribution in [3.8, 4) is 0 Å². The van der Waals surface area contributed by atoms with Gasteiger partial charge in [0.1, 0.15) is 0 Å². The molecule has 1 fully saturated rings. The first kappa shape index (κ1) is 13.5. The molecular weight excluding hydrogens is 296 g/mol. The first-order valence-electron chi connectivity index (χ1n) is 6.07. The van der Waals surface area contributed by atoms with Gasteiger partial charge in [-0.2, -0.15) is 0 Å². The Morgan fingerprint density at radius 2 is 2.28 bits per heavy atom. The van der Waals surface area contributed by atoms with Gasteiger partial charge in [0.25, 0.3) is 0 Å². The molecule has 1 heterocycles. The molecule has 0 saturated carbocycles. The molecule has 1 amide bonds. The number of rotatable bonds is 3. The van der Waals surface area contributed by atoms with Gasteiger partial charge < -0.3 is 4.90 Å². The van der Waals surface area contributed by atoms with Crippen LogP contribution in [0, 0.1) is 0 Å². The first-order valence-corrected chi connectivity index (χ1v) is 6.86. The second-order valence-electron chi connectivity index (χ2n) is 4.51. The van der Waals surface area contributed by atoms with Crippen LogP contribution in [0.15, 0.2) is 28.7 Å². The Kier molecular flexibility index (Phi) is 4.74. The Bertz CT molecular complexity index is 425. The summed E-state index contributed by atoms with van der Waals surface area (Å²) in [4.78, 5) is 18.9. The minimum Gasteiger partial charge on any atom is -0.340 e. The predicted octanol–water partition coefficient (Wildman–Crippen LogP) is 1.87.